The summed E-state index contributed by atoms with van der Waals surface area (Å²) in [5, 5.41) is 11.4. The van der Waals surface area contributed by atoms with Crippen LogP contribution in [0.2, 0.25) is 0 Å². The summed E-state index contributed by atoms with van der Waals surface area (Å²) in [6.45, 7) is 2.71. The van der Waals surface area contributed by atoms with Crippen molar-refractivity contribution < 1.29 is 18.9 Å². The van der Waals surface area contributed by atoms with Crippen LogP contribution >= 0.6 is 24.0 Å². The van der Waals surface area contributed by atoms with E-state index in [2.05, 4.69) is 20.6 Å². The number of benzene rings is 1. The molecule has 0 aliphatic carbocycles. The molecule has 1 fully saturated rings. The molecule has 0 spiro atoms. The van der Waals surface area contributed by atoms with Crippen molar-refractivity contribution in [3.63, 3.8) is 0 Å². The molecule has 1 aromatic carbocycles. The molecule has 2 aliphatic rings. The number of nitrogens with one attached hydrogen (secondary N) is 1. The predicted octanol–water partition coefficient (Wildman–Crippen LogP) is 1.57. The van der Waals surface area contributed by atoms with E-state index in [9.17, 15) is 0 Å². The van der Waals surface area contributed by atoms with Gasteiger partial charge in [-0.15, -0.1) is 29.1 Å². The van der Waals surface area contributed by atoms with E-state index in [4.69, 9.17) is 24.7 Å². The maximum absolute atomic E-state index is 6.00. The first-order valence-corrected chi connectivity index (χ1v) is 9.21. The second kappa shape index (κ2) is 10.1. The fraction of sp³-hybridized carbons (Fsp3) is 0.500. The minimum atomic E-state index is -0.0239. The summed E-state index contributed by atoms with van der Waals surface area (Å²) in [6.07, 6.45) is 2.68. The van der Waals surface area contributed by atoms with Gasteiger partial charge < -0.3 is 30.0 Å². The average molecular weight is 516 g/mol. The Morgan fingerprint density at radius 1 is 1.31 bits per heavy atom. The minimum Gasteiger partial charge on any atom is -0.490 e. The van der Waals surface area contributed by atoms with E-state index < -0.39 is 0 Å². The van der Waals surface area contributed by atoms with Crippen molar-refractivity contribution >= 4 is 35.6 Å². The number of nitrogens with zero attached hydrogens (tertiary/aromatic N) is 4. The number of ether oxygens (including phenoxy) is 4. The molecular formula is C18H25IN6O4. The number of halogens is 1. The van der Waals surface area contributed by atoms with Gasteiger partial charge >= 0.3 is 0 Å². The van der Waals surface area contributed by atoms with Crippen LogP contribution in [0.4, 0.5) is 5.69 Å². The molecule has 1 aromatic heterocycles. The van der Waals surface area contributed by atoms with Crippen molar-refractivity contribution in [2.45, 2.75) is 25.1 Å². The van der Waals surface area contributed by atoms with Crippen molar-refractivity contribution in [2.75, 3.05) is 38.9 Å². The van der Waals surface area contributed by atoms with Crippen molar-refractivity contribution in [3.05, 3.63) is 30.1 Å². The number of aromatic nitrogens is 3. The van der Waals surface area contributed by atoms with E-state index in [1.54, 1.807) is 11.8 Å². The first-order valence-electron chi connectivity index (χ1n) is 9.21. The number of aliphatic imine (C=N–C) groups is 1. The Bertz CT molecular complexity index is 846. The molecule has 0 unspecified atom stereocenters. The molecular weight excluding hydrogens is 491 g/mol. The third-order valence-corrected chi connectivity index (χ3v) is 4.63. The lowest BCUT2D eigenvalue weighted by molar-refractivity contribution is 0.0661. The molecule has 2 aliphatic heterocycles. The topological polar surface area (TPSA) is 118 Å². The molecule has 0 bridgehead atoms. The minimum absolute atomic E-state index is 0. The summed E-state index contributed by atoms with van der Waals surface area (Å²) in [5.41, 5.74) is 7.50. The van der Waals surface area contributed by atoms with Crippen LogP contribution in [0.25, 0.3) is 0 Å². The van der Waals surface area contributed by atoms with Crippen LogP contribution < -0.4 is 20.5 Å². The average Bonchev–Trinajstić information content (AvgIpc) is 3.30. The molecule has 1 saturated heterocycles. The second-order valence-corrected chi connectivity index (χ2v) is 6.61. The van der Waals surface area contributed by atoms with Crippen LogP contribution in [-0.2, 0) is 16.0 Å². The molecule has 10 nitrogen and oxygen atoms in total. The standard InChI is InChI=1S/C18H24N6O4.HI/c1-25-17-11-26-10-14(17)24-9-13(22-23-24)8-20-18(19)21-12-3-4-15-16(7-12)28-6-2-5-27-15;/h3-4,7,9,14,17H,2,5-6,8,10-11H2,1H3,(H3,19,20,21);1H/t14-,17-;/m1./s1. The van der Waals surface area contributed by atoms with Gasteiger partial charge in [-0.3, -0.25) is 0 Å². The number of anilines is 1. The Kier molecular flexibility index (Phi) is 7.50. The van der Waals surface area contributed by atoms with E-state index >= 15 is 0 Å². The highest BCUT2D eigenvalue weighted by molar-refractivity contribution is 14.0. The SMILES string of the molecule is CO[C@@H]1COC[C@H]1n1cc(CN=C(N)Nc2ccc3c(c2)OCCCO3)nn1.I. The molecule has 11 heteroatoms. The van der Waals surface area contributed by atoms with Gasteiger partial charge in [0.15, 0.2) is 17.5 Å². The quantitative estimate of drug-likeness (QED) is 0.350. The number of rotatable bonds is 5. The smallest absolute Gasteiger partial charge is 0.193 e. The highest BCUT2D eigenvalue weighted by Crippen LogP contribution is 2.32. The molecule has 0 saturated carbocycles. The molecule has 29 heavy (non-hydrogen) atoms. The van der Waals surface area contributed by atoms with Crippen molar-refractivity contribution in [3.8, 4) is 11.5 Å². The molecule has 2 atom stereocenters. The summed E-state index contributed by atoms with van der Waals surface area (Å²) in [7, 11) is 1.67. The summed E-state index contributed by atoms with van der Waals surface area (Å²) in [4.78, 5) is 4.33. The van der Waals surface area contributed by atoms with Crippen molar-refractivity contribution in [2.24, 2.45) is 10.7 Å². The number of fused-ring (bicyclic) bond motifs is 1. The Labute approximate surface area is 185 Å². The molecule has 0 amide bonds. The summed E-state index contributed by atoms with van der Waals surface area (Å²) >= 11 is 0. The number of hydrogen-bond donors (Lipinski definition) is 2. The molecule has 2 aromatic rings. The number of hydrogen-bond acceptors (Lipinski definition) is 7. The lowest BCUT2D eigenvalue weighted by Gasteiger charge is -2.15. The first-order chi connectivity index (χ1) is 13.7. The van der Waals surface area contributed by atoms with Gasteiger partial charge in [0.1, 0.15) is 17.8 Å². The van der Waals surface area contributed by atoms with Crippen molar-refractivity contribution in [1.29, 1.82) is 0 Å². The number of guanidine groups is 1. The largest absolute Gasteiger partial charge is 0.490 e. The highest BCUT2D eigenvalue weighted by atomic mass is 127. The highest BCUT2D eigenvalue weighted by Gasteiger charge is 2.30. The van der Waals surface area contributed by atoms with Crippen LogP contribution in [0.5, 0.6) is 11.5 Å². The van der Waals surface area contributed by atoms with Crippen LogP contribution in [0, 0.1) is 0 Å². The van der Waals surface area contributed by atoms with Gasteiger partial charge in [-0.2, -0.15) is 0 Å². The first kappa shape index (κ1) is 21.6. The van der Waals surface area contributed by atoms with Gasteiger partial charge in [-0.1, -0.05) is 5.21 Å². The molecule has 3 heterocycles. The Balaban J connectivity index is 0.00000240. The van der Waals surface area contributed by atoms with Crippen LogP contribution in [0.15, 0.2) is 29.4 Å². The monoisotopic (exact) mass is 516 g/mol. The Morgan fingerprint density at radius 2 is 2.14 bits per heavy atom. The fourth-order valence-corrected chi connectivity index (χ4v) is 3.14. The van der Waals surface area contributed by atoms with E-state index in [0.717, 1.165) is 17.9 Å². The second-order valence-electron chi connectivity index (χ2n) is 6.61. The van der Waals surface area contributed by atoms with Gasteiger partial charge in [0.25, 0.3) is 0 Å². The third kappa shape index (κ3) is 5.28. The summed E-state index contributed by atoms with van der Waals surface area (Å²) in [5.74, 6) is 1.72. The predicted molar refractivity (Wildman–Crippen MR) is 117 cm³/mol. The summed E-state index contributed by atoms with van der Waals surface area (Å²) in [6, 6.07) is 5.60. The lowest BCUT2D eigenvalue weighted by atomic mass is 10.2. The zero-order valence-electron chi connectivity index (χ0n) is 16.1. The van der Waals surface area contributed by atoms with E-state index in [1.807, 2.05) is 24.4 Å². The van der Waals surface area contributed by atoms with Gasteiger partial charge in [0.05, 0.1) is 39.2 Å². The number of methoxy groups -OCH3 is 1. The molecule has 0 radical (unpaired) electrons. The molecule has 158 valence electrons. The van der Waals surface area contributed by atoms with Gasteiger partial charge in [-0.25, -0.2) is 9.67 Å². The Morgan fingerprint density at radius 3 is 2.97 bits per heavy atom. The van der Waals surface area contributed by atoms with Gasteiger partial charge in [0, 0.05) is 25.3 Å². The van der Waals surface area contributed by atoms with Gasteiger partial charge in [0.2, 0.25) is 0 Å². The fourth-order valence-electron chi connectivity index (χ4n) is 3.14. The normalized spacial score (nSPS) is 21.3. The third-order valence-electron chi connectivity index (χ3n) is 4.63. The van der Waals surface area contributed by atoms with Gasteiger partial charge in [-0.05, 0) is 12.1 Å². The lowest BCUT2D eigenvalue weighted by Crippen LogP contribution is -2.24. The van der Waals surface area contributed by atoms with E-state index in [0.29, 0.717) is 44.4 Å². The van der Waals surface area contributed by atoms with Crippen LogP contribution in [0.1, 0.15) is 18.2 Å². The number of nitrogens with two attached hydrogens (primary N) is 1. The zero-order chi connectivity index (χ0) is 19.3. The van der Waals surface area contributed by atoms with Crippen LogP contribution in [-0.4, -0.2) is 60.6 Å². The Hall–Kier alpha value is -2.12. The van der Waals surface area contributed by atoms with E-state index in [1.165, 1.54) is 0 Å². The zero-order valence-corrected chi connectivity index (χ0v) is 18.4. The summed E-state index contributed by atoms with van der Waals surface area (Å²) < 4.78 is 23.9. The van der Waals surface area contributed by atoms with E-state index in [-0.39, 0.29) is 42.1 Å². The maximum atomic E-state index is 6.00. The molecule has 3 N–H and O–H groups in total. The maximum Gasteiger partial charge on any atom is 0.193 e. The molecule has 4 rings (SSSR count). The van der Waals surface area contributed by atoms with Crippen LogP contribution in [0.3, 0.4) is 0 Å². The van der Waals surface area contributed by atoms with Crippen molar-refractivity contribution in [1.82, 2.24) is 15.0 Å².